The van der Waals surface area contributed by atoms with Crippen LogP contribution >= 0.6 is 0 Å². The monoisotopic (exact) mass is 164 g/mol. The van der Waals surface area contributed by atoms with E-state index in [2.05, 4.69) is 0 Å². The smallest absolute Gasteiger partial charge is 0.258 e. The molecule has 0 heterocycles. The van der Waals surface area contributed by atoms with Crippen LogP contribution in [-0.2, 0) is 0 Å². The van der Waals surface area contributed by atoms with Crippen molar-refractivity contribution in [1.82, 2.24) is 0 Å². The fraction of sp³-hybridized carbons (Fsp3) is 0.375. The van der Waals surface area contributed by atoms with Crippen molar-refractivity contribution >= 4 is 0 Å². The van der Waals surface area contributed by atoms with E-state index >= 15 is 0 Å². The van der Waals surface area contributed by atoms with Gasteiger partial charge in [-0.25, -0.2) is 0 Å². The van der Waals surface area contributed by atoms with Crippen molar-refractivity contribution in [3.05, 3.63) is 33.5 Å². The van der Waals surface area contributed by atoms with Crippen LogP contribution in [0.3, 0.4) is 0 Å². The molecule has 1 rings (SSSR count). The third kappa shape index (κ3) is 1.70. The summed E-state index contributed by atoms with van der Waals surface area (Å²) in [6, 6.07) is 1.91. The zero-order valence-electron chi connectivity index (χ0n) is 6.49. The molecule has 1 aliphatic carbocycles. The zero-order chi connectivity index (χ0) is 8.97. The summed E-state index contributed by atoms with van der Waals surface area (Å²) in [5.74, 6) is 0. The van der Waals surface area contributed by atoms with E-state index in [4.69, 9.17) is 5.26 Å². The summed E-state index contributed by atoms with van der Waals surface area (Å²) in [7, 11) is 0. The Morgan fingerprint density at radius 3 is 2.83 bits per heavy atom. The molecule has 0 saturated heterocycles. The summed E-state index contributed by atoms with van der Waals surface area (Å²) < 4.78 is 0. The van der Waals surface area contributed by atoms with Gasteiger partial charge in [0.25, 0.3) is 5.70 Å². The number of hydrogen-bond acceptors (Lipinski definition) is 3. The van der Waals surface area contributed by atoms with Gasteiger partial charge in [0.05, 0.1) is 17.4 Å². The van der Waals surface area contributed by atoms with E-state index in [0.29, 0.717) is 12.0 Å². The van der Waals surface area contributed by atoms with Crippen LogP contribution in [0.1, 0.15) is 19.3 Å². The highest BCUT2D eigenvalue weighted by Gasteiger charge is 2.18. The van der Waals surface area contributed by atoms with E-state index in [1.165, 1.54) is 0 Å². The molecule has 4 nitrogen and oxygen atoms in total. The highest BCUT2D eigenvalue weighted by Crippen LogP contribution is 2.21. The Labute approximate surface area is 70.0 Å². The van der Waals surface area contributed by atoms with Gasteiger partial charge < -0.3 is 0 Å². The lowest BCUT2D eigenvalue weighted by atomic mass is 10.0. The molecule has 0 aromatic carbocycles. The average Bonchev–Trinajstić information content (AvgIpc) is 2.05. The van der Waals surface area contributed by atoms with Crippen molar-refractivity contribution in [1.29, 1.82) is 5.26 Å². The standard InChI is InChI=1S/C8H8N2O2/c9-6-5-7-3-1-2-4-8(7)10(11)12/h3-4H,1-2,5H2. The van der Waals surface area contributed by atoms with Crippen LogP contribution in [0.2, 0.25) is 0 Å². The predicted molar refractivity (Wildman–Crippen MR) is 42.6 cm³/mol. The van der Waals surface area contributed by atoms with Crippen LogP contribution in [0.5, 0.6) is 0 Å². The van der Waals surface area contributed by atoms with Crippen molar-refractivity contribution in [3.63, 3.8) is 0 Å². The Morgan fingerprint density at radius 2 is 2.25 bits per heavy atom. The Hall–Kier alpha value is -1.63. The minimum Gasteiger partial charge on any atom is -0.258 e. The van der Waals surface area contributed by atoms with Crippen LogP contribution in [0, 0.1) is 21.4 Å². The van der Waals surface area contributed by atoms with Crippen molar-refractivity contribution in [2.45, 2.75) is 19.3 Å². The lowest BCUT2D eigenvalue weighted by Gasteiger charge is -2.04. The molecule has 0 saturated carbocycles. The topological polar surface area (TPSA) is 66.9 Å². The minimum absolute atomic E-state index is 0.0998. The van der Waals surface area contributed by atoms with Gasteiger partial charge in [-0.15, -0.1) is 0 Å². The van der Waals surface area contributed by atoms with E-state index in [1.807, 2.05) is 6.07 Å². The van der Waals surface area contributed by atoms with Crippen LogP contribution in [0.4, 0.5) is 0 Å². The third-order valence-corrected chi connectivity index (χ3v) is 1.69. The number of rotatable bonds is 2. The first kappa shape index (κ1) is 8.47. The number of allylic oxidation sites excluding steroid dienone is 3. The number of nitrogens with zero attached hydrogens (tertiary/aromatic N) is 2. The van der Waals surface area contributed by atoms with E-state index in [9.17, 15) is 10.1 Å². The van der Waals surface area contributed by atoms with Gasteiger partial charge in [0.1, 0.15) is 0 Å². The summed E-state index contributed by atoms with van der Waals surface area (Å²) in [5.41, 5.74) is 0.650. The van der Waals surface area contributed by atoms with Gasteiger partial charge >= 0.3 is 0 Å². The summed E-state index contributed by atoms with van der Waals surface area (Å²) in [6.45, 7) is 0. The normalized spacial score (nSPS) is 15.9. The zero-order valence-corrected chi connectivity index (χ0v) is 6.49. The van der Waals surface area contributed by atoms with Crippen molar-refractivity contribution < 1.29 is 4.92 Å². The first-order valence-corrected chi connectivity index (χ1v) is 3.66. The second-order valence-corrected chi connectivity index (χ2v) is 2.49. The van der Waals surface area contributed by atoms with Crippen LogP contribution in [0.15, 0.2) is 23.4 Å². The maximum absolute atomic E-state index is 10.4. The molecule has 0 atom stereocenters. The van der Waals surface area contributed by atoms with Gasteiger partial charge in [-0.05, 0) is 18.9 Å². The highest BCUT2D eigenvalue weighted by atomic mass is 16.6. The van der Waals surface area contributed by atoms with Crippen molar-refractivity contribution in [3.8, 4) is 6.07 Å². The second kappa shape index (κ2) is 3.67. The molecule has 0 aromatic rings. The summed E-state index contributed by atoms with van der Waals surface area (Å²) >= 11 is 0. The summed E-state index contributed by atoms with van der Waals surface area (Å²) in [4.78, 5) is 10.00. The van der Waals surface area contributed by atoms with E-state index in [1.54, 1.807) is 12.2 Å². The summed E-state index contributed by atoms with van der Waals surface area (Å²) in [5, 5.41) is 18.8. The molecule has 0 aromatic heterocycles. The van der Waals surface area contributed by atoms with Gasteiger partial charge in [-0.2, -0.15) is 5.26 Å². The fourth-order valence-electron chi connectivity index (χ4n) is 1.15. The molecule has 0 N–H and O–H groups in total. The quantitative estimate of drug-likeness (QED) is 0.461. The SMILES string of the molecule is N#CCC1=CCCC=C1[N+](=O)[O-]. The first-order valence-electron chi connectivity index (χ1n) is 3.66. The molecule has 0 fully saturated rings. The molecule has 0 radical (unpaired) electrons. The Kier molecular flexibility index (Phi) is 2.59. The molecule has 62 valence electrons. The molecule has 1 aliphatic rings. The maximum atomic E-state index is 10.4. The molecular weight excluding hydrogens is 156 g/mol. The Balaban J connectivity index is 2.84. The molecule has 0 spiro atoms. The van der Waals surface area contributed by atoms with Gasteiger partial charge in [-0.3, -0.25) is 10.1 Å². The molecule has 4 heteroatoms. The predicted octanol–water partition coefficient (Wildman–Crippen LogP) is 1.78. The number of nitriles is 1. The molecule has 12 heavy (non-hydrogen) atoms. The van der Waals surface area contributed by atoms with Gasteiger partial charge in [0.15, 0.2) is 0 Å². The average molecular weight is 164 g/mol. The third-order valence-electron chi connectivity index (χ3n) is 1.69. The summed E-state index contributed by atoms with van der Waals surface area (Å²) in [6.07, 6.45) is 4.97. The lowest BCUT2D eigenvalue weighted by molar-refractivity contribution is -0.421. The molecular formula is C8H8N2O2. The van der Waals surface area contributed by atoms with Gasteiger partial charge in [0.2, 0.25) is 0 Å². The van der Waals surface area contributed by atoms with E-state index in [0.717, 1.165) is 6.42 Å². The lowest BCUT2D eigenvalue weighted by Crippen LogP contribution is -2.04. The number of nitro groups is 1. The van der Waals surface area contributed by atoms with E-state index in [-0.39, 0.29) is 12.1 Å². The second-order valence-electron chi connectivity index (χ2n) is 2.49. The van der Waals surface area contributed by atoms with Crippen molar-refractivity contribution in [2.24, 2.45) is 0 Å². The van der Waals surface area contributed by atoms with Gasteiger partial charge in [-0.1, -0.05) is 6.08 Å². The van der Waals surface area contributed by atoms with Crippen LogP contribution in [0.25, 0.3) is 0 Å². The molecule has 0 aliphatic heterocycles. The number of hydrogen-bond donors (Lipinski definition) is 0. The minimum atomic E-state index is -0.428. The Bertz CT molecular complexity index is 297. The highest BCUT2D eigenvalue weighted by molar-refractivity contribution is 5.30. The molecule has 0 bridgehead atoms. The largest absolute Gasteiger partial charge is 0.269 e. The molecule has 0 amide bonds. The maximum Gasteiger partial charge on any atom is 0.269 e. The van der Waals surface area contributed by atoms with Crippen LogP contribution < -0.4 is 0 Å². The van der Waals surface area contributed by atoms with Crippen LogP contribution in [-0.4, -0.2) is 4.92 Å². The Morgan fingerprint density at radius 1 is 1.58 bits per heavy atom. The van der Waals surface area contributed by atoms with E-state index < -0.39 is 4.92 Å². The molecule has 0 unspecified atom stereocenters. The van der Waals surface area contributed by atoms with Gasteiger partial charge in [0, 0.05) is 5.57 Å². The van der Waals surface area contributed by atoms with Crippen molar-refractivity contribution in [2.75, 3.05) is 0 Å². The first-order chi connectivity index (χ1) is 5.75. The fourth-order valence-corrected chi connectivity index (χ4v) is 1.15.